The van der Waals surface area contributed by atoms with E-state index in [2.05, 4.69) is 24.4 Å². The Hall–Kier alpha value is 1.05. The molecule has 21 heavy (non-hydrogen) atoms. The zero-order valence-corrected chi connectivity index (χ0v) is 15.6. The van der Waals surface area contributed by atoms with Gasteiger partial charge in [0, 0.05) is 10.5 Å². The maximum Gasteiger partial charge on any atom is 0.00807 e. The maximum atomic E-state index is 4.75. The molecule has 0 aliphatic heterocycles. The lowest BCUT2D eigenvalue weighted by atomic mass is 9.86. The Balaban J connectivity index is 1.22. The minimum absolute atomic E-state index is 0.742. The van der Waals surface area contributed by atoms with E-state index >= 15 is 0 Å². The van der Waals surface area contributed by atoms with Crippen molar-refractivity contribution in [2.24, 2.45) is 35.5 Å². The van der Waals surface area contributed by atoms with Gasteiger partial charge in [0.2, 0.25) is 0 Å². The van der Waals surface area contributed by atoms with E-state index in [9.17, 15) is 0 Å². The van der Waals surface area contributed by atoms with Crippen LogP contribution < -0.4 is 0 Å². The fraction of sp³-hybridized carbons (Fsp3) is 1.00. The van der Waals surface area contributed by atoms with Crippen molar-refractivity contribution >= 4 is 37.0 Å². The lowest BCUT2D eigenvalue weighted by Gasteiger charge is -2.30. The molecule has 0 spiro atoms. The van der Waals surface area contributed by atoms with Crippen molar-refractivity contribution in [2.75, 3.05) is 11.5 Å². The van der Waals surface area contributed by atoms with Crippen LogP contribution in [0, 0.1) is 35.5 Å². The summed E-state index contributed by atoms with van der Waals surface area (Å²) >= 11 is 11.6. The number of thioether (sulfide) groups is 1. The van der Waals surface area contributed by atoms with Gasteiger partial charge in [-0.15, -0.1) is 0 Å². The minimum atomic E-state index is 0.742. The highest BCUT2D eigenvalue weighted by atomic mass is 32.2. The molecule has 4 fully saturated rings. The first kappa shape index (κ1) is 15.6. The lowest BCUT2D eigenvalue weighted by molar-refractivity contribution is 0.328. The van der Waals surface area contributed by atoms with Crippen molar-refractivity contribution in [3.05, 3.63) is 0 Å². The van der Waals surface area contributed by atoms with Crippen LogP contribution in [-0.2, 0) is 0 Å². The molecule has 0 N–H and O–H groups in total. The quantitative estimate of drug-likeness (QED) is 0.626. The van der Waals surface area contributed by atoms with Gasteiger partial charge in [-0.25, -0.2) is 0 Å². The van der Waals surface area contributed by atoms with Gasteiger partial charge in [0.25, 0.3) is 0 Å². The number of hydrogen-bond donors (Lipinski definition) is 2. The van der Waals surface area contributed by atoms with Crippen LogP contribution in [0.25, 0.3) is 0 Å². The molecule has 8 atom stereocenters. The van der Waals surface area contributed by atoms with E-state index in [0.717, 1.165) is 51.8 Å². The normalized spacial score (nSPS) is 51.1. The molecule has 0 radical (unpaired) electrons. The first-order chi connectivity index (χ1) is 10.2. The third kappa shape index (κ3) is 3.05. The van der Waals surface area contributed by atoms with Crippen LogP contribution in [-0.4, -0.2) is 22.0 Å². The summed E-state index contributed by atoms with van der Waals surface area (Å²) in [4.78, 5) is 0. The third-order valence-corrected chi connectivity index (χ3v) is 9.51. The fourth-order valence-corrected chi connectivity index (χ4v) is 8.78. The Kier molecular flexibility index (Phi) is 4.83. The molecule has 120 valence electrons. The summed E-state index contributed by atoms with van der Waals surface area (Å²) in [6.45, 7) is 0. The highest BCUT2D eigenvalue weighted by molar-refractivity contribution is 7.99. The average molecular weight is 343 g/mol. The van der Waals surface area contributed by atoms with Gasteiger partial charge in [0.15, 0.2) is 0 Å². The van der Waals surface area contributed by atoms with E-state index in [0.29, 0.717) is 0 Å². The predicted octanol–water partition coefficient (Wildman–Crippen LogP) is 5.19. The lowest BCUT2D eigenvalue weighted by Crippen LogP contribution is -2.23. The predicted molar refractivity (Wildman–Crippen MR) is 101 cm³/mol. The molecule has 3 heteroatoms. The van der Waals surface area contributed by atoms with E-state index in [1.54, 1.807) is 6.42 Å². The summed E-state index contributed by atoms with van der Waals surface area (Å²) < 4.78 is 0. The molecule has 4 rings (SSSR count). The first-order valence-corrected chi connectivity index (χ1v) is 11.3. The SMILES string of the molecule is SCCC1CC2CC(SCCC3CC4CC3CC4S)C1C2. The number of hydrogen-bond acceptors (Lipinski definition) is 3. The van der Waals surface area contributed by atoms with Crippen molar-refractivity contribution < 1.29 is 0 Å². The Morgan fingerprint density at radius 1 is 0.857 bits per heavy atom. The smallest absolute Gasteiger partial charge is 0.00807 e. The van der Waals surface area contributed by atoms with Gasteiger partial charge >= 0.3 is 0 Å². The van der Waals surface area contributed by atoms with Gasteiger partial charge in [-0.3, -0.25) is 0 Å². The zero-order chi connectivity index (χ0) is 14.4. The molecule has 4 aliphatic rings. The van der Waals surface area contributed by atoms with Crippen molar-refractivity contribution in [2.45, 2.75) is 61.9 Å². The fourth-order valence-electron chi connectivity index (χ4n) is 6.21. The van der Waals surface area contributed by atoms with Crippen LogP contribution >= 0.6 is 37.0 Å². The largest absolute Gasteiger partial charge is 0.179 e. The van der Waals surface area contributed by atoms with E-state index in [-0.39, 0.29) is 0 Å². The topological polar surface area (TPSA) is 0 Å². The van der Waals surface area contributed by atoms with Crippen molar-refractivity contribution in [3.8, 4) is 0 Å². The van der Waals surface area contributed by atoms with E-state index in [1.807, 2.05) is 0 Å². The van der Waals surface area contributed by atoms with Crippen LogP contribution in [0.5, 0.6) is 0 Å². The molecular weight excluding hydrogens is 312 g/mol. The Morgan fingerprint density at radius 3 is 2.43 bits per heavy atom. The molecule has 0 aromatic rings. The third-order valence-electron chi connectivity index (χ3n) is 7.18. The van der Waals surface area contributed by atoms with E-state index < -0.39 is 0 Å². The highest BCUT2D eigenvalue weighted by Gasteiger charge is 2.46. The summed E-state index contributed by atoms with van der Waals surface area (Å²) in [6, 6.07) is 0. The maximum absolute atomic E-state index is 4.75. The molecule has 0 aromatic heterocycles. The van der Waals surface area contributed by atoms with Gasteiger partial charge in [-0.1, -0.05) is 0 Å². The number of fused-ring (bicyclic) bond motifs is 4. The van der Waals surface area contributed by atoms with Crippen LogP contribution in [0.4, 0.5) is 0 Å². The standard InChI is InChI=1S/C18H30S3/c19-3-1-13-5-11-6-16(13)18(7-11)21-4-2-12-8-15-9-14(12)10-17(15)20/h11-20H,1-10H2. The molecule has 4 aliphatic carbocycles. The monoisotopic (exact) mass is 342 g/mol. The van der Waals surface area contributed by atoms with Gasteiger partial charge in [-0.2, -0.15) is 37.0 Å². The van der Waals surface area contributed by atoms with Gasteiger partial charge in [0.05, 0.1) is 0 Å². The molecule has 8 unspecified atom stereocenters. The summed E-state index contributed by atoms with van der Waals surface area (Å²) in [7, 11) is 0. The van der Waals surface area contributed by atoms with E-state index in [1.165, 1.54) is 50.7 Å². The van der Waals surface area contributed by atoms with Crippen molar-refractivity contribution in [3.63, 3.8) is 0 Å². The van der Waals surface area contributed by atoms with Gasteiger partial charge < -0.3 is 0 Å². The second kappa shape index (κ2) is 6.51. The van der Waals surface area contributed by atoms with Crippen LogP contribution in [0.1, 0.15) is 51.4 Å². The molecule has 4 bridgehead atoms. The summed E-state index contributed by atoms with van der Waals surface area (Å²) in [5.74, 6) is 8.74. The Labute approximate surface area is 145 Å². The molecular formula is C18H30S3. The Morgan fingerprint density at radius 2 is 1.76 bits per heavy atom. The number of rotatable bonds is 6. The molecule has 4 saturated carbocycles. The first-order valence-electron chi connectivity index (χ1n) is 9.15. The highest BCUT2D eigenvalue weighted by Crippen LogP contribution is 2.55. The summed E-state index contributed by atoms with van der Waals surface area (Å²) in [5.41, 5.74) is 0. The van der Waals surface area contributed by atoms with Gasteiger partial charge in [-0.05, 0) is 98.4 Å². The summed E-state index contributed by atoms with van der Waals surface area (Å²) in [5, 5.41) is 1.75. The number of thiol groups is 2. The zero-order valence-electron chi connectivity index (χ0n) is 13.0. The molecule has 0 heterocycles. The molecule has 0 aromatic carbocycles. The van der Waals surface area contributed by atoms with Gasteiger partial charge in [0.1, 0.15) is 0 Å². The van der Waals surface area contributed by atoms with Crippen LogP contribution in [0.3, 0.4) is 0 Å². The van der Waals surface area contributed by atoms with Crippen molar-refractivity contribution in [1.82, 2.24) is 0 Å². The second-order valence-electron chi connectivity index (χ2n) is 8.26. The van der Waals surface area contributed by atoms with Crippen LogP contribution in [0.2, 0.25) is 0 Å². The molecule has 0 saturated heterocycles. The average Bonchev–Trinajstić information content (AvgIpc) is 3.18. The minimum Gasteiger partial charge on any atom is -0.179 e. The van der Waals surface area contributed by atoms with Crippen molar-refractivity contribution in [1.29, 1.82) is 0 Å². The molecule has 0 amide bonds. The second-order valence-corrected chi connectivity index (χ2v) is 10.7. The Bertz CT molecular complexity index is 369. The van der Waals surface area contributed by atoms with Crippen LogP contribution in [0.15, 0.2) is 0 Å². The summed E-state index contributed by atoms with van der Waals surface area (Å²) in [6.07, 6.45) is 11.9. The molecule has 0 nitrogen and oxygen atoms in total. The van der Waals surface area contributed by atoms with E-state index in [4.69, 9.17) is 12.6 Å².